The number of carbonyl (C=O) groups is 2. The maximum absolute atomic E-state index is 12.1. The Hall–Kier alpha value is -2.30. The van der Waals surface area contributed by atoms with E-state index in [1.807, 2.05) is 39.8 Å². The molecule has 0 bridgehead atoms. The molecule has 5 heteroatoms. The van der Waals surface area contributed by atoms with Crippen molar-refractivity contribution in [3.63, 3.8) is 0 Å². The van der Waals surface area contributed by atoms with Gasteiger partial charge >= 0.3 is 5.97 Å². The van der Waals surface area contributed by atoms with Crippen LogP contribution in [0.2, 0.25) is 0 Å². The van der Waals surface area contributed by atoms with Gasteiger partial charge in [0.15, 0.2) is 6.10 Å². The summed E-state index contributed by atoms with van der Waals surface area (Å²) in [5, 5.41) is 3.62. The normalized spacial score (nSPS) is 12.4. The van der Waals surface area contributed by atoms with Crippen LogP contribution in [0.3, 0.4) is 0 Å². The molecule has 1 unspecified atom stereocenters. The molecule has 0 radical (unpaired) electrons. The fourth-order valence-electron chi connectivity index (χ4n) is 2.32. The predicted octanol–water partition coefficient (Wildman–Crippen LogP) is 3.05. The van der Waals surface area contributed by atoms with Crippen LogP contribution in [-0.2, 0) is 20.7 Å². The number of esters is 1. The number of aryl methyl sites for hydroxylation is 2. The molecule has 1 amide bonds. The number of nitrogens with one attached hydrogen (secondary N) is 1. The van der Waals surface area contributed by atoms with Crippen molar-refractivity contribution in [3.05, 3.63) is 35.1 Å². The van der Waals surface area contributed by atoms with Crippen molar-refractivity contribution >= 4 is 22.8 Å². The van der Waals surface area contributed by atoms with Gasteiger partial charge in [-0.1, -0.05) is 0 Å². The van der Waals surface area contributed by atoms with Crippen molar-refractivity contribution in [3.8, 4) is 0 Å². The third-order valence-corrected chi connectivity index (χ3v) is 3.71. The van der Waals surface area contributed by atoms with E-state index in [1.54, 1.807) is 13.2 Å². The molecule has 0 aliphatic rings. The van der Waals surface area contributed by atoms with Crippen LogP contribution in [0, 0.1) is 13.8 Å². The summed E-state index contributed by atoms with van der Waals surface area (Å²) in [5.41, 5.74) is 3.80. The highest BCUT2D eigenvalue weighted by molar-refractivity contribution is 5.88. The van der Waals surface area contributed by atoms with Crippen LogP contribution in [0.5, 0.6) is 0 Å². The van der Waals surface area contributed by atoms with Crippen LogP contribution >= 0.6 is 0 Å². The van der Waals surface area contributed by atoms with Crippen molar-refractivity contribution in [2.45, 2.75) is 53.2 Å². The van der Waals surface area contributed by atoms with Crippen molar-refractivity contribution in [1.82, 2.24) is 5.32 Å². The number of furan rings is 1. The summed E-state index contributed by atoms with van der Waals surface area (Å²) in [6, 6.07) is 3.97. The molecule has 124 valence electrons. The van der Waals surface area contributed by atoms with E-state index in [1.165, 1.54) is 0 Å². The van der Waals surface area contributed by atoms with Gasteiger partial charge in [0, 0.05) is 17.0 Å². The number of hydrogen-bond acceptors (Lipinski definition) is 4. The molecule has 0 spiro atoms. The minimum atomic E-state index is -0.813. The SMILES string of the molecule is Cc1cc2occ(CC(=O)OC(C)C(=O)NC(C)C)c2cc1C. The van der Waals surface area contributed by atoms with Gasteiger partial charge in [-0.2, -0.15) is 0 Å². The maximum atomic E-state index is 12.1. The lowest BCUT2D eigenvalue weighted by atomic mass is 10.0. The predicted molar refractivity (Wildman–Crippen MR) is 88.2 cm³/mol. The summed E-state index contributed by atoms with van der Waals surface area (Å²) < 4.78 is 10.7. The Kier molecular flexibility index (Phi) is 5.08. The molecule has 0 fully saturated rings. The third kappa shape index (κ3) is 4.12. The summed E-state index contributed by atoms with van der Waals surface area (Å²) in [4.78, 5) is 23.8. The number of benzene rings is 1. The van der Waals surface area contributed by atoms with Gasteiger partial charge in [-0.3, -0.25) is 9.59 Å². The van der Waals surface area contributed by atoms with E-state index in [4.69, 9.17) is 9.15 Å². The van der Waals surface area contributed by atoms with Gasteiger partial charge in [0.2, 0.25) is 0 Å². The lowest BCUT2D eigenvalue weighted by Crippen LogP contribution is -2.39. The first-order chi connectivity index (χ1) is 10.8. The van der Waals surface area contributed by atoms with Crippen LogP contribution in [-0.4, -0.2) is 24.0 Å². The van der Waals surface area contributed by atoms with Gasteiger partial charge in [-0.05, 0) is 57.9 Å². The fourth-order valence-corrected chi connectivity index (χ4v) is 2.32. The Morgan fingerprint density at radius 1 is 1.17 bits per heavy atom. The number of amides is 1. The molecular weight excluding hydrogens is 294 g/mol. The number of carbonyl (C=O) groups excluding carboxylic acids is 2. The first kappa shape index (κ1) is 17.1. The topological polar surface area (TPSA) is 68.5 Å². The molecule has 0 aliphatic heterocycles. The smallest absolute Gasteiger partial charge is 0.311 e. The number of hydrogen-bond donors (Lipinski definition) is 1. The number of ether oxygens (including phenoxy) is 1. The van der Waals surface area contributed by atoms with E-state index in [2.05, 4.69) is 5.32 Å². The third-order valence-electron chi connectivity index (χ3n) is 3.71. The lowest BCUT2D eigenvalue weighted by molar-refractivity contribution is -0.154. The Labute approximate surface area is 136 Å². The summed E-state index contributed by atoms with van der Waals surface area (Å²) in [6.07, 6.45) is 0.838. The van der Waals surface area contributed by atoms with Gasteiger partial charge in [-0.25, -0.2) is 0 Å². The molecule has 1 aromatic carbocycles. The Bertz CT molecular complexity index is 730. The molecule has 1 atom stereocenters. The molecule has 5 nitrogen and oxygen atoms in total. The molecule has 0 aliphatic carbocycles. The van der Waals surface area contributed by atoms with E-state index in [0.29, 0.717) is 0 Å². The minimum absolute atomic E-state index is 0.00712. The largest absolute Gasteiger partial charge is 0.464 e. The molecule has 0 saturated carbocycles. The molecule has 2 rings (SSSR count). The molecule has 0 saturated heterocycles. The van der Waals surface area contributed by atoms with Crippen molar-refractivity contribution in [2.75, 3.05) is 0 Å². The second-order valence-corrected chi connectivity index (χ2v) is 6.17. The molecule has 2 aromatic rings. The molecule has 23 heavy (non-hydrogen) atoms. The second-order valence-electron chi connectivity index (χ2n) is 6.17. The van der Waals surface area contributed by atoms with E-state index < -0.39 is 12.1 Å². The van der Waals surface area contributed by atoms with Crippen LogP contribution < -0.4 is 5.32 Å². The average Bonchev–Trinajstić information content (AvgIpc) is 2.80. The van der Waals surface area contributed by atoms with Crippen LogP contribution in [0.1, 0.15) is 37.5 Å². The van der Waals surface area contributed by atoms with E-state index in [-0.39, 0.29) is 18.4 Å². The van der Waals surface area contributed by atoms with Crippen LogP contribution in [0.4, 0.5) is 0 Å². The van der Waals surface area contributed by atoms with E-state index >= 15 is 0 Å². The minimum Gasteiger partial charge on any atom is -0.464 e. The zero-order valence-corrected chi connectivity index (χ0v) is 14.2. The van der Waals surface area contributed by atoms with Crippen LogP contribution in [0.25, 0.3) is 11.0 Å². The highest BCUT2D eigenvalue weighted by atomic mass is 16.5. The average molecular weight is 317 g/mol. The zero-order chi connectivity index (χ0) is 17.1. The van der Waals surface area contributed by atoms with Gasteiger partial charge in [0.05, 0.1) is 12.7 Å². The summed E-state index contributed by atoms with van der Waals surface area (Å²) in [7, 11) is 0. The second kappa shape index (κ2) is 6.86. The fraction of sp³-hybridized carbons (Fsp3) is 0.444. The van der Waals surface area contributed by atoms with Crippen LogP contribution in [0.15, 0.2) is 22.8 Å². The van der Waals surface area contributed by atoms with Gasteiger partial charge in [-0.15, -0.1) is 0 Å². The Morgan fingerprint density at radius 2 is 1.83 bits per heavy atom. The number of fused-ring (bicyclic) bond motifs is 1. The quantitative estimate of drug-likeness (QED) is 0.861. The summed E-state index contributed by atoms with van der Waals surface area (Å²) in [6.45, 7) is 9.31. The first-order valence-electron chi connectivity index (χ1n) is 7.75. The van der Waals surface area contributed by atoms with Crippen molar-refractivity contribution in [2.24, 2.45) is 0 Å². The molecule has 1 N–H and O–H groups in total. The highest BCUT2D eigenvalue weighted by Gasteiger charge is 2.20. The Morgan fingerprint density at radius 3 is 2.48 bits per heavy atom. The summed E-state index contributed by atoms with van der Waals surface area (Å²) >= 11 is 0. The summed E-state index contributed by atoms with van der Waals surface area (Å²) in [5.74, 6) is -0.741. The maximum Gasteiger partial charge on any atom is 0.311 e. The van der Waals surface area contributed by atoms with Crippen molar-refractivity contribution < 1.29 is 18.7 Å². The zero-order valence-electron chi connectivity index (χ0n) is 14.2. The van der Waals surface area contributed by atoms with Crippen molar-refractivity contribution in [1.29, 1.82) is 0 Å². The highest BCUT2D eigenvalue weighted by Crippen LogP contribution is 2.25. The molecule has 1 heterocycles. The molecular formula is C18H23NO4. The standard InChI is InChI=1S/C18H23NO4/c1-10(2)19-18(21)13(5)23-17(20)8-14-9-22-16-7-12(4)11(3)6-15(14)16/h6-7,9-10,13H,8H2,1-5H3,(H,19,21). The number of rotatable bonds is 5. The van der Waals surface area contributed by atoms with Gasteiger partial charge in [0.25, 0.3) is 5.91 Å². The van der Waals surface area contributed by atoms with E-state index in [0.717, 1.165) is 27.7 Å². The monoisotopic (exact) mass is 317 g/mol. The molecule has 1 aromatic heterocycles. The lowest BCUT2D eigenvalue weighted by Gasteiger charge is -2.15. The van der Waals surface area contributed by atoms with E-state index in [9.17, 15) is 9.59 Å². The first-order valence-corrected chi connectivity index (χ1v) is 7.75. The van der Waals surface area contributed by atoms with Gasteiger partial charge in [0.1, 0.15) is 5.58 Å². The van der Waals surface area contributed by atoms with Gasteiger partial charge < -0.3 is 14.5 Å². The Balaban J connectivity index is 2.06.